The molecule has 1 aliphatic heterocycles. The predicted octanol–water partition coefficient (Wildman–Crippen LogP) is 2.08. The van der Waals surface area contributed by atoms with Crippen LogP contribution in [0.25, 0.3) is 0 Å². The number of ether oxygens (including phenoxy) is 2. The molecule has 7 nitrogen and oxygen atoms in total. The van der Waals surface area contributed by atoms with Gasteiger partial charge in [0, 0.05) is 37.2 Å². The summed E-state index contributed by atoms with van der Waals surface area (Å²) in [5.41, 5.74) is 1.38. The molecule has 1 heterocycles. The molecule has 0 unspecified atom stereocenters. The molecule has 0 aromatic heterocycles. The maximum Gasteiger partial charge on any atom is 0.251 e. The molecule has 2 N–H and O–H groups in total. The third kappa shape index (κ3) is 6.59. The average molecular weight is 474 g/mol. The number of halogens is 2. The Morgan fingerprint density at radius 3 is 2.35 bits per heavy atom. The lowest BCUT2D eigenvalue weighted by atomic mass is 10.1. The fraction of sp³-hybridized carbons (Fsp3) is 0.440. The predicted molar refractivity (Wildman–Crippen MR) is 121 cm³/mol. The van der Waals surface area contributed by atoms with E-state index in [0.29, 0.717) is 51.4 Å². The van der Waals surface area contributed by atoms with Crippen LogP contribution in [-0.4, -0.2) is 74.9 Å². The molecule has 9 heteroatoms. The van der Waals surface area contributed by atoms with Crippen molar-refractivity contribution in [3.05, 3.63) is 71.3 Å². The zero-order valence-corrected chi connectivity index (χ0v) is 18.8. The summed E-state index contributed by atoms with van der Waals surface area (Å²) in [6, 6.07) is 11.2. The number of hydrogen-bond acceptors (Lipinski definition) is 5. The summed E-state index contributed by atoms with van der Waals surface area (Å²) in [7, 11) is 0. The molecule has 0 bridgehead atoms. The van der Waals surface area contributed by atoms with Gasteiger partial charge in [0.15, 0.2) is 0 Å². The maximum atomic E-state index is 13.2. The van der Waals surface area contributed by atoms with E-state index in [-0.39, 0.29) is 23.9 Å². The number of rotatable bonds is 10. The monoisotopic (exact) mass is 473 g/mol. The Kier molecular flexibility index (Phi) is 8.21. The Labute approximate surface area is 197 Å². The number of nitrogens with zero attached hydrogens (tertiary/aromatic N) is 1. The van der Waals surface area contributed by atoms with E-state index in [0.717, 1.165) is 12.0 Å². The molecular formula is C25H29F2N3O4. The van der Waals surface area contributed by atoms with E-state index in [9.17, 15) is 18.4 Å². The van der Waals surface area contributed by atoms with Gasteiger partial charge in [-0.25, -0.2) is 8.78 Å². The zero-order valence-electron chi connectivity index (χ0n) is 18.8. The molecule has 4 rings (SSSR count). The largest absolute Gasteiger partial charge is 0.378 e. The lowest BCUT2D eigenvalue weighted by Gasteiger charge is -2.30. The topological polar surface area (TPSA) is 79.9 Å². The molecule has 2 aromatic rings. The maximum absolute atomic E-state index is 13.2. The van der Waals surface area contributed by atoms with Crippen molar-refractivity contribution in [2.75, 3.05) is 46.1 Å². The Hall–Kier alpha value is -2.88. The first-order valence-corrected chi connectivity index (χ1v) is 11.5. The molecule has 0 spiro atoms. The molecule has 34 heavy (non-hydrogen) atoms. The van der Waals surface area contributed by atoms with Gasteiger partial charge in [0.1, 0.15) is 17.7 Å². The quantitative estimate of drug-likeness (QED) is 0.517. The number of carbonyl (C=O) groups is 2. The highest BCUT2D eigenvalue weighted by molar-refractivity contribution is 5.97. The average Bonchev–Trinajstić information content (AvgIpc) is 3.63. The molecule has 2 amide bonds. The van der Waals surface area contributed by atoms with Crippen LogP contribution in [0.5, 0.6) is 0 Å². The molecule has 1 saturated heterocycles. The number of amides is 2. The zero-order chi connectivity index (χ0) is 23.9. The van der Waals surface area contributed by atoms with Gasteiger partial charge in [0.05, 0.1) is 26.4 Å². The third-order valence-corrected chi connectivity index (χ3v) is 6.06. The van der Waals surface area contributed by atoms with Gasteiger partial charge in [-0.05, 0) is 48.4 Å². The van der Waals surface area contributed by atoms with Gasteiger partial charge < -0.3 is 25.0 Å². The van der Waals surface area contributed by atoms with Crippen molar-refractivity contribution >= 4 is 11.8 Å². The molecule has 1 aliphatic carbocycles. The molecule has 3 atom stereocenters. The lowest BCUT2D eigenvalue weighted by molar-refractivity contribution is -0.138. The summed E-state index contributed by atoms with van der Waals surface area (Å²) in [4.78, 5) is 27.3. The van der Waals surface area contributed by atoms with Gasteiger partial charge in [-0.2, -0.15) is 0 Å². The Bertz CT molecular complexity index is 965. The van der Waals surface area contributed by atoms with E-state index in [4.69, 9.17) is 9.47 Å². The minimum Gasteiger partial charge on any atom is -0.378 e. The minimum atomic E-state index is -0.858. The first-order valence-electron chi connectivity index (χ1n) is 11.5. The van der Waals surface area contributed by atoms with Crippen LogP contribution >= 0.6 is 0 Å². The number of carbonyl (C=O) groups excluding carboxylic acids is 2. The molecule has 2 aliphatic rings. The molecule has 0 radical (unpaired) electrons. The summed E-state index contributed by atoms with van der Waals surface area (Å²) in [5.74, 6) is -1.01. The van der Waals surface area contributed by atoms with Gasteiger partial charge >= 0.3 is 0 Å². The van der Waals surface area contributed by atoms with Crippen molar-refractivity contribution in [1.82, 2.24) is 15.5 Å². The van der Waals surface area contributed by atoms with Crippen LogP contribution in [0.1, 0.15) is 28.3 Å². The Morgan fingerprint density at radius 2 is 1.68 bits per heavy atom. The molecule has 2 fully saturated rings. The summed E-state index contributed by atoms with van der Waals surface area (Å²) in [5, 5.41) is 6.13. The lowest BCUT2D eigenvalue weighted by Crippen LogP contribution is -2.53. The van der Waals surface area contributed by atoms with Crippen LogP contribution in [-0.2, 0) is 14.3 Å². The van der Waals surface area contributed by atoms with Crippen molar-refractivity contribution in [1.29, 1.82) is 0 Å². The van der Waals surface area contributed by atoms with Crippen LogP contribution in [0.2, 0.25) is 0 Å². The SMILES string of the molecule is O=C(N[C@@H](COCCN[C@@H]1C[C@H]1c1ccc(F)cc1)C(=O)N1CCOCC1)c1ccc(F)cc1. The van der Waals surface area contributed by atoms with Crippen molar-refractivity contribution in [2.45, 2.75) is 24.4 Å². The van der Waals surface area contributed by atoms with E-state index in [1.54, 1.807) is 4.90 Å². The van der Waals surface area contributed by atoms with Crippen LogP contribution in [0.3, 0.4) is 0 Å². The summed E-state index contributed by atoms with van der Waals surface area (Å²) < 4.78 is 37.3. The first-order chi connectivity index (χ1) is 16.5. The molecule has 2 aromatic carbocycles. The highest BCUT2D eigenvalue weighted by Crippen LogP contribution is 2.40. The first kappa shape index (κ1) is 24.3. The van der Waals surface area contributed by atoms with Crippen molar-refractivity contribution in [3.8, 4) is 0 Å². The Balaban J connectivity index is 1.25. The summed E-state index contributed by atoms with van der Waals surface area (Å²) in [6.45, 7) is 2.79. The van der Waals surface area contributed by atoms with E-state index in [1.807, 2.05) is 12.1 Å². The van der Waals surface area contributed by atoms with Gasteiger partial charge in [-0.3, -0.25) is 9.59 Å². The van der Waals surface area contributed by atoms with Gasteiger partial charge in [-0.1, -0.05) is 12.1 Å². The third-order valence-electron chi connectivity index (χ3n) is 6.06. The Morgan fingerprint density at radius 1 is 1.03 bits per heavy atom. The van der Waals surface area contributed by atoms with Crippen LogP contribution in [0.15, 0.2) is 48.5 Å². The second kappa shape index (κ2) is 11.5. The highest BCUT2D eigenvalue weighted by Gasteiger charge is 2.37. The molecule has 1 saturated carbocycles. The summed E-state index contributed by atoms with van der Waals surface area (Å²) >= 11 is 0. The number of hydrogen-bond donors (Lipinski definition) is 2. The van der Waals surface area contributed by atoms with Crippen LogP contribution in [0.4, 0.5) is 8.78 Å². The second-order valence-electron chi connectivity index (χ2n) is 8.50. The minimum absolute atomic E-state index is 0.0247. The summed E-state index contributed by atoms with van der Waals surface area (Å²) in [6.07, 6.45) is 0.984. The highest BCUT2D eigenvalue weighted by atomic mass is 19.1. The van der Waals surface area contributed by atoms with Gasteiger partial charge in [0.25, 0.3) is 5.91 Å². The fourth-order valence-corrected chi connectivity index (χ4v) is 4.04. The van der Waals surface area contributed by atoms with Crippen molar-refractivity contribution in [3.63, 3.8) is 0 Å². The van der Waals surface area contributed by atoms with E-state index in [2.05, 4.69) is 10.6 Å². The number of morpholine rings is 1. The van der Waals surface area contributed by atoms with Crippen LogP contribution in [0, 0.1) is 11.6 Å². The van der Waals surface area contributed by atoms with Crippen molar-refractivity contribution in [2.24, 2.45) is 0 Å². The standard InChI is InChI=1S/C25H29F2N3O4/c26-19-5-1-17(2-6-19)21-15-22(21)28-9-12-34-16-23(25(32)30-10-13-33-14-11-30)29-24(31)18-3-7-20(27)8-4-18/h1-8,21-23,28H,9-16H2,(H,29,31)/t21-,22+,23-/m0/s1. The van der Waals surface area contributed by atoms with Gasteiger partial charge in [0.2, 0.25) is 5.91 Å². The van der Waals surface area contributed by atoms with Gasteiger partial charge in [-0.15, -0.1) is 0 Å². The second-order valence-corrected chi connectivity index (χ2v) is 8.50. The number of benzene rings is 2. The molecule has 182 valence electrons. The normalized spacial score (nSPS) is 20.6. The fourth-order valence-electron chi connectivity index (χ4n) is 4.04. The number of nitrogens with one attached hydrogen (secondary N) is 2. The van der Waals surface area contributed by atoms with E-state index >= 15 is 0 Å². The van der Waals surface area contributed by atoms with E-state index in [1.165, 1.54) is 36.4 Å². The van der Waals surface area contributed by atoms with Crippen molar-refractivity contribution < 1.29 is 27.8 Å². The molecular weight excluding hydrogens is 444 g/mol. The smallest absolute Gasteiger partial charge is 0.251 e. The van der Waals surface area contributed by atoms with E-state index < -0.39 is 17.8 Å². The van der Waals surface area contributed by atoms with Crippen LogP contribution < -0.4 is 10.6 Å².